The lowest BCUT2D eigenvalue weighted by molar-refractivity contribution is 0.0626. The predicted molar refractivity (Wildman–Crippen MR) is 132 cm³/mol. The van der Waals surface area contributed by atoms with Crippen LogP contribution < -0.4 is 15.5 Å². The quantitative estimate of drug-likeness (QED) is 0.575. The molecule has 0 aliphatic carbocycles. The highest BCUT2D eigenvalue weighted by Gasteiger charge is 2.27. The van der Waals surface area contributed by atoms with Crippen molar-refractivity contribution in [3.8, 4) is 5.75 Å². The van der Waals surface area contributed by atoms with Crippen LogP contribution in [0.1, 0.15) is 52.6 Å². The molecule has 1 atom stereocenters. The van der Waals surface area contributed by atoms with E-state index in [9.17, 15) is 14.4 Å². The van der Waals surface area contributed by atoms with Gasteiger partial charge in [-0.15, -0.1) is 6.58 Å². The van der Waals surface area contributed by atoms with Crippen molar-refractivity contribution in [3.05, 3.63) is 76.2 Å². The molecule has 0 saturated carbocycles. The highest BCUT2D eigenvalue weighted by atomic mass is 16.5. The first-order valence-electron chi connectivity index (χ1n) is 11.7. The number of piperazine rings is 1. The second-order valence-corrected chi connectivity index (χ2v) is 8.54. The number of carbonyl (C=O) groups excluding carboxylic acids is 2. The molecule has 0 radical (unpaired) electrons. The summed E-state index contributed by atoms with van der Waals surface area (Å²) < 4.78 is 7.09. The molecule has 1 aliphatic heterocycles. The SMILES string of the molecule is C=CCNC(=O)c1cn([C@H](C)CC)cc(C(=O)N2CCN(Cc3cccc(OC)c3)CC2)c1=O. The average Bonchev–Trinajstić information content (AvgIpc) is 2.87. The maximum Gasteiger partial charge on any atom is 0.259 e. The van der Waals surface area contributed by atoms with Crippen molar-refractivity contribution >= 4 is 11.8 Å². The van der Waals surface area contributed by atoms with Crippen molar-refractivity contribution < 1.29 is 14.3 Å². The first kappa shape index (κ1) is 25.2. The number of pyridine rings is 1. The zero-order valence-electron chi connectivity index (χ0n) is 20.3. The minimum Gasteiger partial charge on any atom is -0.497 e. The summed E-state index contributed by atoms with van der Waals surface area (Å²) in [5, 5.41) is 2.65. The molecule has 2 aromatic rings. The third-order valence-electron chi connectivity index (χ3n) is 6.23. The van der Waals surface area contributed by atoms with Crippen molar-refractivity contribution in [2.24, 2.45) is 0 Å². The van der Waals surface area contributed by atoms with Gasteiger partial charge in [-0.25, -0.2) is 0 Å². The van der Waals surface area contributed by atoms with E-state index in [-0.39, 0.29) is 29.6 Å². The number of methoxy groups -OCH3 is 1. The summed E-state index contributed by atoms with van der Waals surface area (Å²) in [6, 6.07) is 7.99. The number of hydrogen-bond donors (Lipinski definition) is 1. The van der Waals surface area contributed by atoms with Crippen molar-refractivity contribution in [3.63, 3.8) is 0 Å². The van der Waals surface area contributed by atoms with E-state index in [1.807, 2.05) is 32.0 Å². The smallest absolute Gasteiger partial charge is 0.259 e. The van der Waals surface area contributed by atoms with E-state index >= 15 is 0 Å². The molecule has 8 heteroatoms. The van der Waals surface area contributed by atoms with Gasteiger partial charge in [-0.2, -0.15) is 0 Å². The molecule has 2 amide bonds. The fraction of sp³-hybridized carbons (Fsp3) is 0.423. The molecule has 182 valence electrons. The van der Waals surface area contributed by atoms with Crippen LogP contribution in [0.5, 0.6) is 5.75 Å². The minimum atomic E-state index is -0.537. The Hall–Kier alpha value is -3.39. The summed E-state index contributed by atoms with van der Waals surface area (Å²) in [4.78, 5) is 43.0. The Balaban J connectivity index is 1.76. The van der Waals surface area contributed by atoms with Gasteiger partial charge in [0.05, 0.1) is 7.11 Å². The molecule has 1 aliphatic rings. The number of ether oxygens (including phenoxy) is 1. The maximum atomic E-state index is 13.4. The molecule has 8 nitrogen and oxygen atoms in total. The van der Waals surface area contributed by atoms with Crippen molar-refractivity contribution in [1.82, 2.24) is 19.7 Å². The van der Waals surface area contributed by atoms with Gasteiger partial charge in [0.25, 0.3) is 11.8 Å². The molecule has 34 heavy (non-hydrogen) atoms. The normalized spacial score (nSPS) is 15.0. The number of hydrogen-bond acceptors (Lipinski definition) is 5. The van der Waals surface area contributed by atoms with Crippen molar-refractivity contribution in [2.45, 2.75) is 32.9 Å². The predicted octanol–water partition coefficient (Wildman–Crippen LogP) is 2.70. The molecule has 0 unspecified atom stereocenters. The highest BCUT2D eigenvalue weighted by Crippen LogP contribution is 2.17. The van der Waals surface area contributed by atoms with Crippen LogP contribution in [0.25, 0.3) is 0 Å². The number of rotatable bonds is 9. The number of aromatic nitrogens is 1. The number of nitrogens with one attached hydrogen (secondary N) is 1. The van der Waals surface area contributed by atoms with Crippen LogP contribution in [0.2, 0.25) is 0 Å². The van der Waals surface area contributed by atoms with E-state index in [2.05, 4.69) is 22.9 Å². The zero-order valence-corrected chi connectivity index (χ0v) is 20.3. The lowest BCUT2D eigenvalue weighted by atomic mass is 10.1. The molecule has 0 bridgehead atoms. The van der Waals surface area contributed by atoms with Crippen LogP contribution in [0, 0.1) is 0 Å². The molecule has 3 rings (SSSR count). The lowest BCUT2D eigenvalue weighted by Crippen LogP contribution is -2.49. The monoisotopic (exact) mass is 466 g/mol. The molecule has 1 N–H and O–H groups in total. The number of benzene rings is 1. The summed E-state index contributed by atoms with van der Waals surface area (Å²) in [6.45, 7) is 11.0. The van der Waals surface area contributed by atoms with E-state index < -0.39 is 11.3 Å². The third-order valence-corrected chi connectivity index (χ3v) is 6.23. The standard InChI is InChI=1S/C26H34N4O4/c1-5-10-27-25(32)22-17-30(19(3)6-2)18-23(24(22)31)26(33)29-13-11-28(12-14-29)16-20-8-7-9-21(15-20)34-4/h5,7-9,15,17-19H,1,6,10-14,16H2,2-4H3,(H,27,32)/t19-/m1/s1. The van der Waals surface area contributed by atoms with Gasteiger partial charge >= 0.3 is 0 Å². The Morgan fingerprint density at radius 1 is 1.18 bits per heavy atom. The van der Waals surface area contributed by atoms with Gasteiger partial charge in [-0.1, -0.05) is 25.1 Å². The Bertz CT molecular complexity index is 1090. The first-order chi connectivity index (χ1) is 16.4. The Kier molecular flexibility index (Phi) is 8.65. The first-order valence-corrected chi connectivity index (χ1v) is 11.7. The molecule has 2 heterocycles. The van der Waals surface area contributed by atoms with Gasteiger partial charge in [-0.3, -0.25) is 19.3 Å². The Morgan fingerprint density at radius 3 is 2.53 bits per heavy atom. The van der Waals surface area contributed by atoms with Crippen molar-refractivity contribution in [1.29, 1.82) is 0 Å². The van der Waals surface area contributed by atoms with Gasteiger partial charge < -0.3 is 19.5 Å². The van der Waals surface area contributed by atoms with Crippen molar-refractivity contribution in [2.75, 3.05) is 39.8 Å². The molecule has 1 saturated heterocycles. The Labute approximate surface area is 200 Å². The number of nitrogens with zero attached hydrogens (tertiary/aromatic N) is 3. The fourth-order valence-electron chi connectivity index (χ4n) is 3.95. The summed E-state index contributed by atoms with van der Waals surface area (Å²) in [7, 11) is 1.65. The zero-order chi connectivity index (χ0) is 24.7. The van der Waals surface area contributed by atoms with Crippen LogP contribution >= 0.6 is 0 Å². The van der Waals surface area contributed by atoms with Crippen LogP contribution in [-0.4, -0.2) is 66.0 Å². The second kappa shape index (κ2) is 11.7. The Morgan fingerprint density at radius 2 is 1.88 bits per heavy atom. The third kappa shape index (κ3) is 5.94. The highest BCUT2D eigenvalue weighted by molar-refractivity contribution is 5.99. The molecule has 1 aromatic heterocycles. The van der Waals surface area contributed by atoms with Gasteiger partial charge in [0.1, 0.15) is 16.9 Å². The summed E-state index contributed by atoms with van der Waals surface area (Å²) >= 11 is 0. The number of amides is 2. The molecule has 1 fully saturated rings. The number of carbonyl (C=O) groups is 2. The van der Waals surface area contributed by atoms with Gasteiger partial charge in [-0.05, 0) is 31.0 Å². The summed E-state index contributed by atoms with van der Waals surface area (Å²) in [5.74, 6) is -0.0120. The molecular weight excluding hydrogens is 432 g/mol. The second-order valence-electron chi connectivity index (χ2n) is 8.54. The average molecular weight is 467 g/mol. The van der Waals surface area contributed by atoms with E-state index in [0.717, 1.165) is 24.3 Å². The van der Waals surface area contributed by atoms with Crippen LogP contribution in [0.15, 0.2) is 54.1 Å². The molecular formula is C26H34N4O4. The fourth-order valence-corrected chi connectivity index (χ4v) is 3.95. The van der Waals surface area contributed by atoms with Crippen LogP contribution in [0.3, 0.4) is 0 Å². The molecule has 0 spiro atoms. The van der Waals surface area contributed by atoms with Gasteiger partial charge in [0.15, 0.2) is 0 Å². The van der Waals surface area contributed by atoms with E-state index in [1.165, 1.54) is 6.20 Å². The summed E-state index contributed by atoms with van der Waals surface area (Å²) in [5.41, 5.74) is 0.621. The maximum absolute atomic E-state index is 13.4. The lowest BCUT2D eigenvalue weighted by Gasteiger charge is -2.35. The van der Waals surface area contributed by atoms with Gasteiger partial charge in [0, 0.05) is 57.7 Å². The van der Waals surface area contributed by atoms with Crippen LogP contribution in [-0.2, 0) is 6.54 Å². The van der Waals surface area contributed by atoms with Crippen LogP contribution in [0.4, 0.5) is 0 Å². The van der Waals surface area contributed by atoms with E-state index in [0.29, 0.717) is 26.2 Å². The minimum absolute atomic E-state index is 0.0235. The van der Waals surface area contributed by atoms with E-state index in [1.54, 1.807) is 28.8 Å². The van der Waals surface area contributed by atoms with Gasteiger partial charge in [0.2, 0.25) is 5.43 Å². The summed E-state index contributed by atoms with van der Waals surface area (Å²) in [6.07, 6.45) is 5.47. The van der Waals surface area contributed by atoms with E-state index in [4.69, 9.17) is 4.74 Å². The molecule has 1 aromatic carbocycles. The topological polar surface area (TPSA) is 83.9 Å². The largest absolute Gasteiger partial charge is 0.497 e.